The molecule has 0 bridgehead atoms. The molecule has 6 heteroatoms. The lowest BCUT2D eigenvalue weighted by Gasteiger charge is -2.13. The van der Waals surface area contributed by atoms with Crippen LogP contribution in [0.1, 0.15) is 28.4 Å². The number of thiocarbonyl (C=S) groups is 1. The zero-order chi connectivity index (χ0) is 18.2. The molecule has 2 aromatic rings. The number of methoxy groups -OCH3 is 1. The highest BCUT2D eigenvalue weighted by Gasteiger charge is 2.09. The van der Waals surface area contributed by atoms with Gasteiger partial charge in [0.25, 0.3) is 0 Å². The van der Waals surface area contributed by atoms with E-state index < -0.39 is 0 Å². The van der Waals surface area contributed by atoms with E-state index in [-0.39, 0.29) is 5.97 Å². The highest BCUT2D eigenvalue weighted by Crippen LogP contribution is 2.17. The van der Waals surface area contributed by atoms with Gasteiger partial charge in [0.1, 0.15) is 5.75 Å². The third-order valence-electron chi connectivity index (χ3n) is 3.57. The summed E-state index contributed by atoms with van der Waals surface area (Å²) in [7, 11) is 1.64. The molecule has 0 aromatic heterocycles. The number of ether oxygens (including phenoxy) is 2. The van der Waals surface area contributed by atoms with E-state index in [1.165, 1.54) is 0 Å². The van der Waals surface area contributed by atoms with Gasteiger partial charge in [0.15, 0.2) is 5.11 Å². The van der Waals surface area contributed by atoms with Crippen LogP contribution in [0.4, 0.5) is 5.69 Å². The summed E-state index contributed by atoms with van der Waals surface area (Å²) in [5.74, 6) is 0.486. The van der Waals surface area contributed by atoms with Gasteiger partial charge in [-0.3, -0.25) is 0 Å². The number of rotatable bonds is 6. The SMILES string of the molecule is CCOC(=O)c1ccc(NC(=S)NCc2cccc(OC)c2)c(C)c1. The molecule has 0 radical (unpaired) electrons. The fourth-order valence-corrected chi connectivity index (χ4v) is 2.46. The van der Waals surface area contributed by atoms with Crippen molar-refractivity contribution in [2.45, 2.75) is 20.4 Å². The molecule has 25 heavy (non-hydrogen) atoms. The van der Waals surface area contributed by atoms with E-state index >= 15 is 0 Å². The van der Waals surface area contributed by atoms with Crippen LogP contribution in [0.5, 0.6) is 5.75 Å². The summed E-state index contributed by atoms with van der Waals surface area (Å²) in [6.07, 6.45) is 0. The molecule has 0 aliphatic carbocycles. The molecule has 0 spiro atoms. The predicted octanol–water partition coefficient (Wildman–Crippen LogP) is 3.67. The largest absolute Gasteiger partial charge is 0.497 e. The van der Waals surface area contributed by atoms with Gasteiger partial charge in [-0.1, -0.05) is 12.1 Å². The van der Waals surface area contributed by atoms with Crippen molar-refractivity contribution in [2.75, 3.05) is 19.0 Å². The van der Waals surface area contributed by atoms with Crippen LogP contribution in [-0.2, 0) is 11.3 Å². The first-order valence-electron chi connectivity index (χ1n) is 7.99. The maximum absolute atomic E-state index is 11.8. The molecule has 2 rings (SSSR count). The summed E-state index contributed by atoms with van der Waals surface area (Å²) in [5.41, 5.74) is 3.35. The summed E-state index contributed by atoms with van der Waals surface area (Å²) in [6, 6.07) is 13.1. The second-order valence-corrected chi connectivity index (χ2v) is 5.82. The molecule has 132 valence electrons. The third kappa shape index (κ3) is 5.46. The van der Waals surface area contributed by atoms with Crippen molar-refractivity contribution in [1.82, 2.24) is 5.32 Å². The first kappa shape index (κ1) is 18.7. The first-order chi connectivity index (χ1) is 12.0. The number of anilines is 1. The van der Waals surface area contributed by atoms with Crippen LogP contribution in [0.3, 0.4) is 0 Å². The van der Waals surface area contributed by atoms with E-state index in [1.54, 1.807) is 26.2 Å². The number of nitrogens with one attached hydrogen (secondary N) is 2. The fourth-order valence-electron chi connectivity index (χ4n) is 2.28. The number of carbonyl (C=O) groups excluding carboxylic acids is 1. The van der Waals surface area contributed by atoms with E-state index in [9.17, 15) is 4.79 Å². The average molecular weight is 358 g/mol. The Morgan fingerprint density at radius 3 is 2.68 bits per heavy atom. The van der Waals surface area contributed by atoms with E-state index in [0.29, 0.717) is 23.8 Å². The Hall–Kier alpha value is -2.60. The number of hydrogen-bond donors (Lipinski definition) is 2. The highest BCUT2D eigenvalue weighted by molar-refractivity contribution is 7.80. The Morgan fingerprint density at radius 1 is 1.20 bits per heavy atom. The number of benzene rings is 2. The molecule has 0 aliphatic heterocycles. The molecule has 0 amide bonds. The van der Waals surface area contributed by atoms with Crippen LogP contribution >= 0.6 is 12.2 Å². The molecule has 0 atom stereocenters. The summed E-state index contributed by atoms with van der Waals surface area (Å²) < 4.78 is 10.2. The van der Waals surface area contributed by atoms with E-state index in [0.717, 1.165) is 22.6 Å². The number of carbonyl (C=O) groups is 1. The van der Waals surface area contributed by atoms with Gasteiger partial charge in [0.05, 0.1) is 19.3 Å². The molecule has 0 unspecified atom stereocenters. The van der Waals surface area contributed by atoms with Crippen LogP contribution in [-0.4, -0.2) is 24.8 Å². The van der Waals surface area contributed by atoms with Crippen molar-refractivity contribution < 1.29 is 14.3 Å². The van der Waals surface area contributed by atoms with Gasteiger partial charge in [-0.25, -0.2) is 4.79 Å². The molecule has 0 aliphatic rings. The lowest BCUT2D eigenvalue weighted by Crippen LogP contribution is -2.28. The lowest BCUT2D eigenvalue weighted by molar-refractivity contribution is 0.0526. The van der Waals surface area contributed by atoms with Crippen molar-refractivity contribution in [2.24, 2.45) is 0 Å². The molecule has 0 heterocycles. The summed E-state index contributed by atoms with van der Waals surface area (Å²) in [5, 5.41) is 6.81. The Morgan fingerprint density at radius 2 is 2.00 bits per heavy atom. The van der Waals surface area contributed by atoms with Crippen LogP contribution in [0.25, 0.3) is 0 Å². The van der Waals surface area contributed by atoms with E-state index in [1.807, 2.05) is 37.3 Å². The quantitative estimate of drug-likeness (QED) is 0.607. The van der Waals surface area contributed by atoms with Crippen molar-refractivity contribution in [3.8, 4) is 5.75 Å². The first-order valence-corrected chi connectivity index (χ1v) is 8.40. The molecule has 0 saturated carbocycles. The van der Waals surface area contributed by atoms with E-state index in [2.05, 4.69) is 10.6 Å². The Labute approximate surface area is 153 Å². The second kappa shape index (κ2) is 9.03. The summed E-state index contributed by atoms with van der Waals surface area (Å²) in [4.78, 5) is 11.8. The normalized spacial score (nSPS) is 10.0. The standard InChI is InChI=1S/C19H22N2O3S/c1-4-24-18(22)15-8-9-17(13(2)10-15)21-19(25)20-12-14-6-5-7-16(11-14)23-3/h5-11H,4,12H2,1-3H3,(H2,20,21,25). The van der Waals surface area contributed by atoms with Crippen LogP contribution < -0.4 is 15.4 Å². The molecule has 0 fully saturated rings. The lowest BCUT2D eigenvalue weighted by atomic mass is 10.1. The minimum Gasteiger partial charge on any atom is -0.497 e. The van der Waals surface area contributed by atoms with Crippen molar-refractivity contribution in [3.63, 3.8) is 0 Å². The molecule has 2 aromatic carbocycles. The van der Waals surface area contributed by atoms with Gasteiger partial charge in [-0.2, -0.15) is 0 Å². The van der Waals surface area contributed by atoms with Crippen LogP contribution in [0.2, 0.25) is 0 Å². The van der Waals surface area contributed by atoms with Crippen LogP contribution in [0, 0.1) is 6.92 Å². The Balaban J connectivity index is 1.94. The molecular formula is C19H22N2O3S. The zero-order valence-corrected chi connectivity index (χ0v) is 15.4. The van der Waals surface area contributed by atoms with Gasteiger partial charge in [-0.05, 0) is 67.5 Å². The van der Waals surface area contributed by atoms with Crippen molar-refractivity contribution in [1.29, 1.82) is 0 Å². The van der Waals surface area contributed by atoms with Crippen LogP contribution in [0.15, 0.2) is 42.5 Å². The maximum atomic E-state index is 11.8. The third-order valence-corrected chi connectivity index (χ3v) is 3.82. The van der Waals surface area contributed by atoms with Crippen molar-refractivity contribution >= 4 is 29.0 Å². The summed E-state index contributed by atoms with van der Waals surface area (Å²) in [6.45, 7) is 4.64. The Kier molecular flexibility index (Phi) is 6.77. The maximum Gasteiger partial charge on any atom is 0.338 e. The smallest absolute Gasteiger partial charge is 0.338 e. The topological polar surface area (TPSA) is 59.6 Å². The molecular weight excluding hydrogens is 336 g/mol. The van der Waals surface area contributed by atoms with Gasteiger partial charge in [-0.15, -0.1) is 0 Å². The monoisotopic (exact) mass is 358 g/mol. The number of esters is 1. The van der Waals surface area contributed by atoms with Crippen molar-refractivity contribution in [3.05, 3.63) is 59.2 Å². The fraction of sp³-hybridized carbons (Fsp3) is 0.263. The average Bonchev–Trinajstić information content (AvgIpc) is 2.62. The predicted molar refractivity (Wildman–Crippen MR) is 103 cm³/mol. The Bertz CT molecular complexity index is 762. The second-order valence-electron chi connectivity index (χ2n) is 5.41. The van der Waals surface area contributed by atoms with Gasteiger partial charge in [0.2, 0.25) is 0 Å². The highest BCUT2D eigenvalue weighted by atomic mass is 32.1. The molecule has 0 saturated heterocycles. The van der Waals surface area contributed by atoms with E-state index in [4.69, 9.17) is 21.7 Å². The number of aryl methyl sites for hydroxylation is 1. The minimum absolute atomic E-state index is 0.323. The summed E-state index contributed by atoms with van der Waals surface area (Å²) >= 11 is 5.34. The van der Waals surface area contributed by atoms with Gasteiger partial charge in [0, 0.05) is 12.2 Å². The van der Waals surface area contributed by atoms with Gasteiger partial charge >= 0.3 is 5.97 Å². The zero-order valence-electron chi connectivity index (χ0n) is 14.6. The number of hydrogen-bond acceptors (Lipinski definition) is 4. The van der Waals surface area contributed by atoms with Gasteiger partial charge < -0.3 is 20.1 Å². The minimum atomic E-state index is -0.323. The molecule has 5 nitrogen and oxygen atoms in total. The molecule has 2 N–H and O–H groups in total.